The van der Waals surface area contributed by atoms with Gasteiger partial charge >= 0.3 is 9.75 Å². The van der Waals surface area contributed by atoms with Crippen molar-refractivity contribution in [1.29, 1.82) is 0 Å². The Labute approximate surface area is 182 Å². The molecule has 1 aliphatic heterocycles. The highest BCUT2D eigenvalue weighted by atomic mass is 32.1. The Hall–Kier alpha value is -2.26. The molecule has 0 aliphatic carbocycles. The number of benzene rings is 2. The Morgan fingerprint density at radius 2 is 1.00 bits per heavy atom. The van der Waals surface area contributed by atoms with Crippen LogP contribution in [0.1, 0.15) is 0 Å². The van der Waals surface area contributed by atoms with Gasteiger partial charge in [0.2, 0.25) is 0 Å². The molecule has 1 saturated heterocycles. The molecule has 1 fully saturated rings. The monoisotopic (exact) mass is 440 g/mol. The number of thiazole rings is 2. The van der Waals surface area contributed by atoms with Gasteiger partial charge in [0.05, 0.1) is 20.4 Å². The predicted molar refractivity (Wildman–Crippen MR) is 125 cm³/mol. The van der Waals surface area contributed by atoms with E-state index < -0.39 is 0 Å². The molecule has 1 aliphatic rings. The van der Waals surface area contributed by atoms with Gasteiger partial charge in [0.15, 0.2) is 0 Å². The molecule has 5 rings (SSSR count). The van der Waals surface area contributed by atoms with Gasteiger partial charge in [0.25, 0.3) is 0 Å². The Bertz CT molecular complexity index is 1180. The third-order valence-electron chi connectivity index (χ3n) is 5.89. The van der Waals surface area contributed by atoms with Gasteiger partial charge in [-0.25, -0.2) is 0 Å². The molecule has 8 heteroatoms. The molecule has 4 aromatic rings. The first kappa shape index (κ1) is 19.7. The minimum atomic E-state index is 0.128. The fraction of sp³-hybridized carbons (Fsp3) is 0.364. The van der Waals surface area contributed by atoms with Crippen molar-refractivity contribution < 1.29 is 0 Å². The van der Waals surface area contributed by atoms with E-state index in [2.05, 4.69) is 9.80 Å². The summed E-state index contributed by atoms with van der Waals surface area (Å²) in [5.74, 6) is 0. The molecule has 0 amide bonds. The lowest BCUT2D eigenvalue weighted by Gasteiger charge is -2.34. The van der Waals surface area contributed by atoms with Crippen LogP contribution in [-0.4, -0.2) is 58.2 Å². The average Bonchev–Trinajstić information content (AvgIpc) is 3.26. The van der Waals surface area contributed by atoms with Crippen LogP contribution in [0.3, 0.4) is 0 Å². The van der Waals surface area contributed by atoms with Crippen LogP contribution in [-0.2, 0) is 13.1 Å². The van der Waals surface area contributed by atoms with Gasteiger partial charge in [-0.1, -0.05) is 46.9 Å². The normalized spacial score (nSPS) is 16.0. The van der Waals surface area contributed by atoms with Crippen LogP contribution in [0.4, 0.5) is 0 Å². The van der Waals surface area contributed by atoms with Crippen LogP contribution in [0, 0.1) is 0 Å². The lowest BCUT2D eigenvalue weighted by atomic mass is 10.3. The summed E-state index contributed by atoms with van der Waals surface area (Å²) >= 11 is 2.65. The standard InChI is InChI=1S/C22H24N4O2S2/c27-21-25(17-5-1-3-7-19(17)29-21)15-13-23-9-11-24(12-10-23)14-16-26-18-6-2-4-8-20(18)30-22(26)28/h1-8H,9-16H2. The maximum atomic E-state index is 12.3. The van der Waals surface area contributed by atoms with Gasteiger partial charge in [-0.3, -0.25) is 28.5 Å². The zero-order chi connectivity index (χ0) is 20.5. The first-order chi connectivity index (χ1) is 14.7. The highest BCUT2D eigenvalue weighted by Crippen LogP contribution is 2.17. The van der Waals surface area contributed by atoms with Gasteiger partial charge in [0.1, 0.15) is 0 Å². The van der Waals surface area contributed by atoms with E-state index in [9.17, 15) is 9.59 Å². The van der Waals surface area contributed by atoms with E-state index in [0.29, 0.717) is 0 Å². The molecule has 0 N–H and O–H groups in total. The smallest absolute Gasteiger partial charge is 0.299 e. The highest BCUT2D eigenvalue weighted by Gasteiger charge is 2.18. The molecule has 0 saturated carbocycles. The first-order valence-corrected chi connectivity index (χ1v) is 11.9. The highest BCUT2D eigenvalue weighted by molar-refractivity contribution is 7.16. The van der Waals surface area contributed by atoms with E-state index in [1.807, 2.05) is 57.7 Å². The fourth-order valence-electron chi connectivity index (χ4n) is 4.17. The lowest BCUT2D eigenvalue weighted by Crippen LogP contribution is -2.48. The number of fused-ring (bicyclic) bond motifs is 2. The molecular formula is C22H24N4O2S2. The zero-order valence-electron chi connectivity index (χ0n) is 16.7. The fourth-order valence-corrected chi connectivity index (χ4v) is 6.01. The molecule has 0 spiro atoms. The number of piperazine rings is 1. The largest absolute Gasteiger partial charge is 0.308 e. The van der Waals surface area contributed by atoms with Crippen LogP contribution >= 0.6 is 22.7 Å². The van der Waals surface area contributed by atoms with Crippen molar-refractivity contribution in [3.05, 3.63) is 67.9 Å². The quantitative estimate of drug-likeness (QED) is 0.463. The molecule has 6 nitrogen and oxygen atoms in total. The number of nitrogens with zero attached hydrogens (tertiary/aromatic N) is 4. The van der Waals surface area contributed by atoms with E-state index in [-0.39, 0.29) is 9.75 Å². The average molecular weight is 441 g/mol. The minimum absolute atomic E-state index is 0.128. The number of hydrogen-bond donors (Lipinski definition) is 0. The van der Waals surface area contributed by atoms with Crippen molar-refractivity contribution in [2.45, 2.75) is 13.1 Å². The number of rotatable bonds is 6. The summed E-state index contributed by atoms with van der Waals surface area (Å²) < 4.78 is 5.92. The van der Waals surface area contributed by atoms with Crippen LogP contribution < -0.4 is 9.75 Å². The maximum Gasteiger partial charge on any atom is 0.308 e. The van der Waals surface area contributed by atoms with Crippen molar-refractivity contribution >= 4 is 43.1 Å². The van der Waals surface area contributed by atoms with E-state index in [1.54, 1.807) is 0 Å². The molecule has 30 heavy (non-hydrogen) atoms. The van der Waals surface area contributed by atoms with Crippen molar-refractivity contribution in [1.82, 2.24) is 18.9 Å². The van der Waals surface area contributed by atoms with Gasteiger partial charge in [-0.05, 0) is 24.3 Å². The lowest BCUT2D eigenvalue weighted by molar-refractivity contribution is 0.126. The predicted octanol–water partition coefficient (Wildman–Crippen LogP) is 2.76. The molecule has 0 bridgehead atoms. The van der Waals surface area contributed by atoms with Crippen molar-refractivity contribution in [3.63, 3.8) is 0 Å². The molecule has 0 atom stereocenters. The summed E-state index contributed by atoms with van der Waals surface area (Å²) in [7, 11) is 0. The summed E-state index contributed by atoms with van der Waals surface area (Å²) in [6.07, 6.45) is 0. The Balaban J connectivity index is 1.15. The topological polar surface area (TPSA) is 50.5 Å². The molecule has 156 valence electrons. The maximum absolute atomic E-state index is 12.3. The Kier molecular flexibility index (Phi) is 5.56. The summed E-state index contributed by atoms with van der Waals surface area (Å²) in [6.45, 7) is 7.24. The Morgan fingerprint density at radius 3 is 1.43 bits per heavy atom. The van der Waals surface area contributed by atoms with Crippen molar-refractivity contribution in [2.24, 2.45) is 0 Å². The molecule has 0 radical (unpaired) electrons. The molecular weight excluding hydrogens is 416 g/mol. The van der Waals surface area contributed by atoms with Crippen LogP contribution in [0.2, 0.25) is 0 Å². The van der Waals surface area contributed by atoms with Crippen LogP contribution in [0.25, 0.3) is 20.4 Å². The van der Waals surface area contributed by atoms with Crippen molar-refractivity contribution in [2.75, 3.05) is 39.3 Å². The number of hydrogen-bond acceptors (Lipinski definition) is 6. The van der Waals surface area contributed by atoms with Gasteiger partial charge in [0, 0.05) is 52.4 Å². The first-order valence-electron chi connectivity index (χ1n) is 10.3. The van der Waals surface area contributed by atoms with Crippen LogP contribution in [0.15, 0.2) is 58.1 Å². The zero-order valence-corrected chi connectivity index (χ0v) is 18.3. The Morgan fingerprint density at radius 1 is 0.600 bits per heavy atom. The summed E-state index contributed by atoms with van der Waals surface area (Å²) in [4.78, 5) is 29.7. The number of para-hydroxylation sites is 2. The third kappa shape index (κ3) is 3.88. The molecule has 2 aromatic heterocycles. The minimum Gasteiger partial charge on any atom is -0.299 e. The molecule has 0 unspecified atom stereocenters. The van der Waals surface area contributed by atoms with Crippen LogP contribution in [0.5, 0.6) is 0 Å². The van der Waals surface area contributed by atoms with E-state index in [4.69, 9.17) is 0 Å². The van der Waals surface area contributed by atoms with E-state index >= 15 is 0 Å². The van der Waals surface area contributed by atoms with E-state index in [1.165, 1.54) is 22.7 Å². The van der Waals surface area contributed by atoms with E-state index in [0.717, 1.165) is 72.8 Å². The van der Waals surface area contributed by atoms with Gasteiger partial charge < -0.3 is 0 Å². The second-order valence-electron chi connectivity index (χ2n) is 7.66. The summed E-state index contributed by atoms with van der Waals surface area (Å²) in [5.41, 5.74) is 2.08. The van der Waals surface area contributed by atoms with Gasteiger partial charge in [-0.15, -0.1) is 0 Å². The van der Waals surface area contributed by atoms with Crippen molar-refractivity contribution in [3.8, 4) is 0 Å². The molecule has 2 aromatic carbocycles. The number of aromatic nitrogens is 2. The third-order valence-corrected chi connectivity index (χ3v) is 7.81. The molecule has 3 heterocycles. The second kappa shape index (κ2) is 8.47. The second-order valence-corrected chi connectivity index (χ2v) is 9.64. The van der Waals surface area contributed by atoms with Gasteiger partial charge in [-0.2, -0.15) is 0 Å². The SMILES string of the molecule is O=c1sc2ccccc2n1CCN1CCN(CCn2c(=O)sc3ccccc32)CC1. The summed E-state index contributed by atoms with van der Waals surface area (Å²) in [6, 6.07) is 16.0. The summed E-state index contributed by atoms with van der Waals surface area (Å²) in [5, 5.41) is 0.